The summed E-state index contributed by atoms with van der Waals surface area (Å²) < 4.78 is 0.874. The van der Waals surface area contributed by atoms with Crippen molar-refractivity contribution in [2.45, 2.75) is 6.54 Å². The highest BCUT2D eigenvalue weighted by molar-refractivity contribution is 9.10. The Bertz CT molecular complexity index is 371. The molecule has 13 heavy (non-hydrogen) atoms. The van der Waals surface area contributed by atoms with E-state index in [2.05, 4.69) is 31.2 Å². The average Bonchev–Trinajstić information content (AvgIpc) is 2.71. The Hall–Kier alpha value is -0.460. The van der Waals surface area contributed by atoms with Crippen LogP contribution in [0.4, 0.5) is 5.13 Å². The molecule has 1 N–H and O–H groups in total. The van der Waals surface area contributed by atoms with E-state index in [1.165, 1.54) is 0 Å². The molecule has 0 atom stereocenters. The largest absolute Gasteiger partial charge is 0.355 e. The van der Waals surface area contributed by atoms with Gasteiger partial charge in [-0.1, -0.05) is 0 Å². The number of hydrogen-bond donors (Lipinski definition) is 1. The van der Waals surface area contributed by atoms with Gasteiger partial charge in [0, 0.05) is 17.0 Å². The van der Waals surface area contributed by atoms with Gasteiger partial charge in [0.15, 0.2) is 5.13 Å². The first-order valence-corrected chi connectivity index (χ1v) is 6.13. The molecule has 3 nitrogen and oxygen atoms in total. The SMILES string of the molecule is Brc1csc(NCc2nccs2)n1. The van der Waals surface area contributed by atoms with Crippen molar-refractivity contribution in [1.29, 1.82) is 0 Å². The lowest BCUT2D eigenvalue weighted by atomic mass is 10.7. The van der Waals surface area contributed by atoms with Crippen LogP contribution in [-0.4, -0.2) is 9.97 Å². The van der Waals surface area contributed by atoms with Crippen LogP contribution >= 0.6 is 38.6 Å². The van der Waals surface area contributed by atoms with Gasteiger partial charge in [-0.2, -0.15) is 0 Å². The fourth-order valence-corrected chi connectivity index (χ4v) is 2.53. The van der Waals surface area contributed by atoms with Gasteiger partial charge < -0.3 is 5.32 Å². The van der Waals surface area contributed by atoms with Gasteiger partial charge in [0.25, 0.3) is 0 Å². The molecule has 0 radical (unpaired) electrons. The summed E-state index contributed by atoms with van der Waals surface area (Å²) in [6.07, 6.45) is 1.81. The first-order chi connectivity index (χ1) is 6.34. The summed E-state index contributed by atoms with van der Waals surface area (Å²) >= 11 is 6.52. The van der Waals surface area contributed by atoms with Gasteiger partial charge in [-0.3, -0.25) is 0 Å². The summed E-state index contributed by atoms with van der Waals surface area (Å²) in [5.41, 5.74) is 0. The number of hydrogen-bond acceptors (Lipinski definition) is 5. The van der Waals surface area contributed by atoms with Crippen LogP contribution in [0.5, 0.6) is 0 Å². The molecular weight excluding hydrogens is 270 g/mol. The van der Waals surface area contributed by atoms with Crippen molar-refractivity contribution in [3.05, 3.63) is 26.6 Å². The Morgan fingerprint density at radius 2 is 2.38 bits per heavy atom. The van der Waals surface area contributed by atoms with Crippen molar-refractivity contribution in [2.75, 3.05) is 5.32 Å². The minimum atomic E-state index is 0.748. The van der Waals surface area contributed by atoms with Crippen molar-refractivity contribution in [3.63, 3.8) is 0 Å². The maximum Gasteiger partial charge on any atom is 0.184 e. The number of rotatable bonds is 3. The van der Waals surface area contributed by atoms with Crippen LogP contribution in [0.1, 0.15) is 5.01 Å². The van der Waals surface area contributed by atoms with Gasteiger partial charge in [-0.15, -0.1) is 22.7 Å². The molecule has 68 valence electrons. The molecule has 0 aliphatic heterocycles. The highest BCUT2D eigenvalue weighted by atomic mass is 79.9. The molecule has 0 aromatic carbocycles. The predicted octanol–water partition coefficient (Wildman–Crippen LogP) is 2.97. The molecule has 0 bridgehead atoms. The van der Waals surface area contributed by atoms with Gasteiger partial charge in [0.2, 0.25) is 0 Å². The summed E-state index contributed by atoms with van der Waals surface area (Å²) in [5.74, 6) is 0. The number of halogens is 1. The summed E-state index contributed by atoms with van der Waals surface area (Å²) in [4.78, 5) is 8.37. The van der Waals surface area contributed by atoms with E-state index in [9.17, 15) is 0 Å². The van der Waals surface area contributed by atoms with Crippen LogP contribution < -0.4 is 5.32 Å². The molecule has 0 aliphatic rings. The molecule has 2 aromatic rings. The monoisotopic (exact) mass is 275 g/mol. The van der Waals surface area contributed by atoms with E-state index in [-0.39, 0.29) is 0 Å². The van der Waals surface area contributed by atoms with Gasteiger partial charge in [-0.25, -0.2) is 9.97 Å². The highest BCUT2D eigenvalue weighted by Gasteiger charge is 1.99. The number of aromatic nitrogens is 2. The molecular formula is C7H6BrN3S2. The third kappa shape index (κ3) is 2.49. The van der Waals surface area contributed by atoms with Crippen LogP contribution in [0.3, 0.4) is 0 Å². The second kappa shape index (κ2) is 4.17. The summed E-state index contributed by atoms with van der Waals surface area (Å²) in [6.45, 7) is 0.748. The molecule has 2 aromatic heterocycles. The highest BCUT2D eigenvalue weighted by Crippen LogP contribution is 2.20. The normalized spacial score (nSPS) is 10.2. The van der Waals surface area contributed by atoms with Crippen LogP contribution in [0.25, 0.3) is 0 Å². The zero-order valence-corrected chi connectivity index (χ0v) is 9.75. The third-order valence-corrected chi connectivity index (χ3v) is 3.64. The van der Waals surface area contributed by atoms with Crippen LogP contribution in [-0.2, 0) is 6.54 Å². The Morgan fingerprint density at radius 1 is 1.46 bits per heavy atom. The van der Waals surface area contributed by atoms with E-state index in [0.717, 1.165) is 21.3 Å². The van der Waals surface area contributed by atoms with E-state index in [0.29, 0.717) is 0 Å². The van der Waals surface area contributed by atoms with Gasteiger partial charge in [0.1, 0.15) is 9.61 Å². The van der Waals surface area contributed by atoms with Gasteiger partial charge >= 0.3 is 0 Å². The number of nitrogens with one attached hydrogen (secondary N) is 1. The second-order valence-corrected chi connectivity index (χ2v) is 4.90. The number of nitrogens with zero attached hydrogens (tertiary/aromatic N) is 2. The van der Waals surface area contributed by atoms with Crippen LogP contribution in [0.15, 0.2) is 21.6 Å². The smallest absolute Gasteiger partial charge is 0.184 e. The third-order valence-electron chi connectivity index (χ3n) is 1.35. The Kier molecular flexibility index (Phi) is 2.92. The Labute approximate surface area is 92.0 Å². The van der Waals surface area contributed by atoms with E-state index in [1.54, 1.807) is 28.9 Å². The van der Waals surface area contributed by atoms with Crippen molar-refractivity contribution in [3.8, 4) is 0 Å². The minimum absolute atomic E-state index is 0.748. The van der Waals surface area contributed by atoms with E-state index < -0.39 is 0 Å². The standard InChI is InChI=1S/C7H6BrN3S2/c8-5-4-13-7(11-5)10-3-6-9-1-2-12-6/h1-2,4H,3H2,(H,10,11). The lowest BCUT2D eigenvalue weighted by Crippen LogP contribution is -1.97. The molecule has 0 fully saturated rings. The maximum absolute atomic E-state index is 4.21. The summed E-state index contributed by atoms with van der Waals surface area (Å²) in [7, 11) is 0. The fourth-order valence-electron chi connectivity index (χ4n) is 0.827. The first kappa shape index (κ1) is 9.11. The lowest BCUT2D eigenvalue weighted by molar-refractivity contribution is 1.09. The van der Waals surface area contributed by atoms with E-state index in [1.807, 2.05) is 10.8 Å². The topological polar surface area (TPSA) is 37.8 Å². The maximum atomic E-state index is 4.21. The molecule has 0 saturated heterocycles. The second-order valence-electron chi connectivity index (χ2n) is 2.25. The average molecular weight is 276 g/mol. The number of thiazole rings is 2. The molecule has 6 heteroatoms. The molecule has 0 spiro atoms. The molecule has 0 unspecified atom stereocenters. The minimum Gasteiger partial charge on any atom is -0.355 e. The van der Waals surface area contributed by atoms with Crippen molar-refractivity contribution in [1.82, 2.24) is 9.97 Å². The molecule has 0 saturated carbocycles. The molecule has 0 amide bonds. The van der Waals surface area contributed by atoms with Crippen molar-refractivity contribution < 1.29 is 0 Å². The summed E-state index contributed by atoms with van der Waals surface area (Å²) in [6, 6.07) is 0. The predicted molar refractivity (Wildman–Crippen MR) is 59.3 cm³/mol. The first-order valence-electron chi connectivity index (χ1n) is 3.58. The van der Waals surface area contributed by atoms with E-state index in [4.69, 9.17) is 0 Å². The number of anilines is 1. The van der Waals surface area contributed by atoms with Crippen LogP contribution in [0.2, 0.25) is 0 Å². The molecule has 2 rings (SSSR count). The molecule has 0 aliphatic carbocycles. The van der Waals surface area contributed by atoms with E-state index >= 15 is 0 Å². The summed E-state index contributed by atoms with van der Waals surface area (Å²) in [5, 5.41) is 9.10. The quantitative estimate of drug-likeness (QED) is 0.936. The van der Waals surface area contributed by atoms with Crippen molar-refractivity contribution in [2.24, 2.45) is 0 Å². The zero-order valence-electron chi connectivity index (χ0n) is 6.53. The van der Waals surface area contributed by atoms with Crippen LogP contribution in [0, 0.1) is 0 Å². The van der Waals surface area contributed by atoms with Gasteiger partial charge in [-0.05, 0) is 15.9 Å². The molecule has 2 heterocycles. The zero-order chi connectivity index (χ0) is 9.10. The lowest BCUT2D eigenvalue weighted by Gasteiger charge is -1.96. The van der Waals surface area contributed by atoms with Crippen molar-refractivity contribution >= 4 is 43.7 Å². The Balaban J connectivity index is 1.93. The Morgan fingerprint density at radius 3 is 3.00 bits per heavy atom. The fraction of sp³-hybridized carbons (Fsp3) is 0.143. The van der Waals surface area contributed by atoms with Gasteiger partial charge in [0.05, 0.1) is 6.54 Å².